The van der Waals surface area contributed by atoms with Crippen LogP contribution < -0.4 is 20.7 Å². The van der Waals surface area contributed by atoms with Crippen LogP contribution in [0.25, 0.3) is 0 Å². The zero-order chi connectivity index (χ0) is 25.3. The number of nitrogens with one attached hydrogen (secondary N) is 3. The molecule has 0 saturated heterocycles. The third kappa shape index (κ3) is 8.14. The van der Waals surface area contributed by atoms with E-state index in [4.69, 9.17) is 4.74 Å². The molecule has 0 spiro atoms. The summed E-state index contributed by atoms with van der Waals surface area (Å²) >= 11 is 0. The smallest absolute Gasteiger partial charge is 0.416 e. The molecule has 0 atom stereocenters. The zero-order valence-corrected chi connectivity index (χ0v) is 18.3. The van der Waals surface area contributed by atoms with Crippen molar-refractivity contribution in [2.45, 2.75) is 12.6 Å². The number of carbonyl (C=O) groups is 3. The molecular formula is C24H21F3N4O4. The van der Waals surface area contributed by atoms with E-state index in [0.717, 1.165) is 12.1 Å². The van der Waals surface area contributed by atoms with Crippen molar-refractivity contribution in [2.75, 3.05) is 23.8 Å². The first-order chi connectivity index (χ1) is 16.7. The highest BCUT2D eigenvalue weighted by molar-refractivity contribution is 5.95. The highest BCUT2D eigenvalue weighted by atomic mass is 19.4. The molecule has 0 aliphatic carbocycles. The molecule has 1 aromatic heterocycles. The molecule has 8 nitrogen and oxygen atoms in total. The molecule has 0 radical (unpaired) electrons. The average molecular weight is 486 g/mol. The first kappa shape index (κ1) is 25.2. The first-order valence-corrected chi connectivity index (χ1v) is 10.4. The van der Waals surface area contributed by atoms with Crippen LogP contribution in [0.1, 0.15) is 22.3 Å². The minimum atomic E-state index is -4.52. The Bertz CT molecular complexity index is 1170. The third-order valence-corrected chi connectivity index (χ3v) is 4.54. The number of pyridine rings is 1. The second kappa shape index (κ2) is 11.6. The maximum absolute atomic E-state index is 12.8. The molecule has 0 aliphatic rings. The Hall–Kier alpha value is -4.41. The fourth-order valence-corrected chi connectivity index (χ4v) is 2.87. The molecule has 0 fully saturated rings. The van der Waals surface area contributed by atoms with Crippen LogP contribution in [-0.4, -0.2) is 35.9 Å². The van der Waals surface area contributed by atoms with Crippen LogP contribution in [0.2, 0.25) is 0 Å². The van der Waals surface area contributed by atoms with Crippen molar-refractivity contribution in [3.8, 4) is 5.75 Å². The van der Waals surface area contributed by atoms with Gasteiger partial charge in [-0.1, -0.05) is 6.07 Å². The van der Waals surface area contributed by atoms with Crippen molar-refractivity contribution in [3.63, 3.8) is 0 Å². The van der Waals surface area contributed by atoms with Gasteiger partial charge in [0.1, 0.15) is 5.75 Å². The van der Waals surface area contributed by atoms with E-state index < -0.39 is 30.2 Å². The fourth-order valence-electron chi connectivity index (χ4n) is 2.87. The molecule has 0 unspecified atom stereocenters. The Morgan fingerprint density at radius 1 is 0.886 bits per heavy atom. The van der Waals surface area contributed by atoms with E-state index in [0.29, 0.717) is 11.3 Å². The number of anilines is 2. The predicted molar refractivity (Wildman–Crippen MR) is 122 cm³/mol. The average Bonchev–Trinajstić information content (AvgIpc) is 2.83. The molecule has 3 rings (SSSR count). The van der Waals surface area contributed by atoms with Gasteiger partial charge in [0.25, 0.3) is 11.8 Å². The molecule has 2 aromatic carbocycles. The van der Waals surface area contributed by atoms with E-state index in [1.54, 1.807) is 18.3 Å². The van der Waals surface area contributed by atoms with Crippen molar-refractivity contribution in [2.24, 2.45) is 0 Å². The number of hydrogen-bond acceptors (Lipinski definition) is 5. The molecule has 1 heterocycles. The summed E-state index contributed by atoms with van der Waals surface area (Å²) in [5, 5.41) is 7.62. The lowest BCUT2D eigenvalue weighted by Gasteiger charge is -2.11. The van der Waals surface area contributed by atoms with Crippen molar-refractivity contribution in [3.05, 3.63) is 84.2 Å². The quantitative estimate of drug-likeness (QED) is 0.425. The molecule has 182 valence electrons. The van der Waals surface area contributed by atoms with Crippen molar-refractivity contribution in [1.29, 1.82) is 0 Å². The van der Waals surface area contributed by atoms with Gasteiger partial charge in [0.2, 0.25) is 5.91 Å². The van der Waals surface area contributed by atoms with Gasteiger partial charge in [-0.2, -0.15) is 13.2 Å². The lowest BCUT2D eigenvalue weighted by atomic mass is 10.2. The van der Waals surface area contributed by atoms with Crippen LogP contribution in [0, 0.1) is 0 Å². The molecule has 11 heteroatoms. The molecule has 3 aromatic rings. The Morgan fingerprint density at radius 3 is 2.29 bits per heavy atom. The number of halogens is 3. The number of hydrogen-bond donors (Lipinski definition) is 3. The lowest BCUT2D eigenvalue weighted by molar-refractivity contribution is -0.137. The van der Waals surface area contributed by atoms with E-state index in [1.807, 2.05) is 0 Å². The van der Waals surface area contributed by atoms with E-state index >= 15 is 0 Å². The third-order valence-electron chi connectivity index (χ3n) is 4.54. The second-order valence-electron chi connectivity index (χ2n) is 7.24. The van der Waals surface area contributed by atoms with Gasteiger partial charge >= 0.3 is 6.18 Å². The lowest BCUT2D eigenvalue weighted by Crippen LogP contribution is -2.27. The van der Waals surface area contributed by atoms with Gasteiger partial charge in [-0.15, -0.1) is 0 Å². The molecule has 3 amide bonds. The number of nitrogens with zero attached hydrogens (tertiary/aromatic N) is 1. The highest BCUT2D eigenvalue weighted by Gasteiger charge is 2.30. The van der Waals surface area contributed by atoms with E-state index in [9.17, 15) is 27.6 Å². The molecule has 0 bridgehead atoms. The summed E-state index contributed by atoms with van der Waals surface area (Å²) in [5.74, 6) is -1.02. The largest absolute Gasteiger partial charge is 0.484 e. The maximum Gasteiger partial charge on any atom is 0.416 e. The minimum Gasteiger partial charge on any atom is -0.484 e. The van der Waals surface area contributed by atoms with E-state index in [2.05, 4.69) is 20.9 Å². The van der Waals surface area contributed by atoms with Gasteiger partial charge in [0, 0.05) is 30.4 Å². The van der Waals surface area contributed by atoms with Crippen molar-refractivity contribution < 1.29 is 32.3 Å². The zero-order valence-electron chi connectivity index (χ0n) is 18.3. The summed E-state index contributed by atoms with van der Waals surface area (Å²) in [6.07, 6.45) is -1.35. The first-order valence-electron chi connectivity index (χ1n) is 10.4. The van der Waals surface area contributed by atoms with Crippen LogP contribution in [0.3, 0.4) is 0 Å². The number of rotatable bonds is 9. The number of ether oxygens (including phenoxy) is 1. The molecule has 0 saturated carbocycles. The van der Waals surface area contributed by atoms with Gasteiger partial charge < -0.3 is 20.7 Å². The van der Waals surface area contributed by atoms with Gasteiger partial charge in [-0.25, -0.2) is 0 Å². The van der Waals surface area contributed by atoms with Crippen molar-refractivity contribution >= 4 is 29.1 Å². The second-order valence-corrected chi connectivity index (χ2v) is 7.24. The summed E-state index contributed by atoms with van der Waals surface area (Å²) in [7, 11) is 0. The van der Waals surface area contributed by atoms with Gasteiger partial charge in [0.05, 0.1) is 17.4 Å². The van der Waals surface area contributed by atoms with Gasteiger partial charge in [0.15, 0.2) is 6.61 Å². The molecule has 3 N–H and O–H groups in total. The Morgan fingerprint density at radius 2 is 1.60 bits per heavy atom. The molecule has 0 aliphatic heterocycles. The normalized spacial score (nSPS) is 10.8. The summed E-state index contributed by atoms with van der Waals surface area (Å²) < 4.78 is 43.6. The molecular weight excluding hydrogens is 465 g/mol. The van der Waals surface area contributed by atoms with Crippen LogP contribution in [0.15, 0.2) is 73.1 Å². The SMILES string of the molecule is O=C(CCNC(=O)c1ccc(OCC(=O)Nc2cccc(C(F)(F)F)c2)cc1)Nc1cccnc1. The number of aromatic nitrogens is 1. The number of carbonyl (C=O) groups excluding carboxylic acids is 3. The summed E-state index contributed by atoms with van der Waals surface area (Å²) in [4.78, 5) is 40.0. The standard InChI is InChI=1S/C24H21F3N4O4/c25-24(26,27)17-3-1-4-18(13-17)30-22(33)15-35-20-8-6-16(7-9-20)23(34)29-12-10-21(32)31-19-5-2-11-28-14-19/h1-9,11,13-14H,10,12,15H2,(H,29,34)(H,30,33)(H,31,32). The summed E-state index contributed by atoms with van der Waals surface area (Å²) in [6, 6.07) is 13.5. The minimum absolute atomic E-state index is 0.00504. The predicted octanol–water partition coefficient (Wildman–Crippen LogP) is 3.88. The van der Waals surface area contributed by atoms with Crippen LogP contribution in [0.4, 0.5) is 24.5 Å². The van der Waals surface area contributed by atoms with E-state index in [-0.39, 0.29) is 30.3 Å². The van der Waals surface area contributed by atoms with Crippen LogP contribution >= 0.6 is 0 Å². The fraction of sp³-hybridized carbons (Fsp3) is 0.167. The number of benzene rings is 2. The monoisotopic (exact) mass is 486 g/mol. The van der Waals surface area contributed by atoms with Gasteiger partial charge in [-0.05, 0) is 54.6 Å². The van der Waals surface area contributed by atoms with Crippen molar-refractivity contribution in [1.82, 2.24) is 10.3 Å². The van der Waals surface area contributed by atoms with E-state index in [1.165, 1.54) is 42.6 Å². The van der Waals surface area contributed by atoms with Crippen LogP contribution in [0.5, 0.6) is 5.75 Å². The summed E-state index contributed by atoms with van der Waals surface area (Å²) in [6.45, 7) is -0.313. The summed E-state index contributed by atoms with van der Waals surface area (Å²) in [5.41, 5.74) is -0.00451. The van der Waals surface area contributed by atoms with Gasteiger partial charge in [-0.3, -0.25) is 19.4 Å². The number of amides is 3. The Kier molecular flexibility index (Phi) is 8.38. The maximum atomic E-state index is 12.8. The Balaban J connectivity index is 1.41. The molecule has 35 heavy (non-hydrogen) atoms. The topological polar surface area (TPSA) is 109 Å². The Labute approximate surface area is 198 Å². The van der Waals surface area contributed by atoms with Crippen LogP contribution in [-0.2, 0) is 15.8 Å². The highest BCUT2D eigenvalue weighted by Crippen LogP contribution is 2.30. The number of alkyl halides is 3.